The maximum atomic E-state index is 12.2. The molecule has 126 valence electrons. The highest BCUT2D eigenvalue weighted by Gasteiger charge is 2.17. The lowest BCUT2D eigenvalue weighted by atomic mass is 10.2. The smallest absolute Gasteiger partial charge is 0.259 e. The van der Waals surface area contributed by atoms with Crippen molar-refractivity contribution >= 4 is 39.2 Å². The number of hydrogen-bond acceptors (Lipinski definition) is 6. The Hall–Kier alpha value is -1.38. The van der Waals surface area contributed by atoms with E-state index in [9.17, 15) is 9.59 Å². The molecule has 2 atom stereocenters. The van der Waals surface area contributed by atoms with Gasteiger partial charge in [0.2, 0.25) is 5.91 Å². The van der Waals surface area contributed by atoms with E-state index in [0.717, 1.165) is 15.3 Å². The van der Waals surface area contributed by atoms with E-state index in [-0.39, 0.29) is 22.8 Å². The summed E-state index contributed by atoms with van der Waals surface area (Å²) >= 11 is 2.96. The number of thiophene rings is 1. The molecule has 2 heterocycles. The van der Waals surface area contributed by atoms with Crippen molar-refractivity contribution in [3.8, 4) is 0 Å². The van der Waals surface area contributed by atoms with Gasteiger partial charge < -0.3 is 16.0 Å². The number of aryl methyl sites for hydroxylation is 2. The van der Waals surface area contributed by atoms with Crippen LogP contribution in [0.2, 0.25) is 0 Å². The standard InChI is InChI=1S/C15H22N4O2S2/c1-7(5-16)17-13(20)10(4)22-6-11-18-14(21)12-8(2)9(3)23-15(12)19-11/h7,10H,5-6,16H2,1-4H3,(H,17,20)(H,18,19,21)/t7-,10?/m0/s1. The van der Waals surface area contributed by atoms with E-state index in [2.05, 4.69) is 15.3 Å². The molecule has 0 bridgehead atoms. The van der Waals surface area contributed by atoms with E-state index in [1.807, 2.05) is 27.7 Å². The zero-order valence-electron chi connectivity index (χ0n) is 13.7. The van der Waals surface area contributed by atoms with Gasteiger partial charge in [0.25, 0.3) is 5.56 Å². The average molecular weight is 355 g/mol. The van der Waals surface area contributed by atoms with E-state index in [1.165, 1.54) is 23.1 Å². The Bertz CT molecular complexity index is 769. The van der Waals surface area contributed by atoms with Gasteiger partial charge in [0, 0.05) is 17.5 Å². The predicted molar refractivity (Wildman–Crippen MR) is 97.1 cm³/mol. The number of carbonyl (C=O) groups is 1. The second kappa shape index (κ2) is 7.46. The molecular weight excluding hydrogens is 332 g/mol. The van der Waals surface area contributed by atoms with Crippen molar-refractivity contribution in [3.05, 3.63) is 26.6 Å². The molecule has 0 aromatic carbocycles. The van der Waals surface area contributed by atoms with Crippen LogP contribution >= 0.6 is 23.1 Å². The molecule has 2 aromatic heterocycles. The number of hydrogen-bond donors (Lipinski definition) is 3. The summed E-state index contributed by atoms with van der Waals surface area (Å²) in [7, 11) is 0. The molecule has 0 aliphatic rings. The number of aromatic amines is 1. The molecule has 1 amide bonds. The summed E-state index contributed by atoms with van der Waals surface area (Å²) in [6.45, 7) is 8.03. The van der Waals surface area contributed by atoms with Gasteiger partial charge in [-0.15, -0.1) is 23.1 Å². The maximum absolute atomic E-state index is 12.2. The van der Waals surface area contributed by atoms with Crippen molar-refractivity contribution < 1.29 is 4.79 Å². The number of rotatable bonds is 6. The van der Waals surface area contributed by atoms with Crippen LogP contribution in [0.3, 0.4) is 0 Å². The first-order valence-corrected chi connectivity index (χ1v) is 9.31. The predicted octanol–water partition coefficient (Wildman–Crippen LogP) is 1.69. The summed E-state index contributed by atoms with van der Waals surface area (Å²) in [6, 6.07) is -0.0445. The fraction of sp³-hybridized carbons (Fsp3) is 0.533. The number of nitrogens with one attached hydrogen (secondary N) is 2. The van der Waals surface area contributed by atoms with Gasteiger partial charge in [0.15, 0.2) is 0 Å². The second-order valence-electron chi connectivity index (χ2n) is 5.57. The van der Waals surface area contributed by atoms with E-state index in [4.69, 9.17) is 5.73 Å². The number of H-pyrrole nitrogens is 1. The molecule has 0 fully saturated rings. The highest BCUT2D eigenvalue weighted by atomic mass is 32.2. The first-order valence-electron chi connectivity index (χ1n) is 7.44. The Morgan fingerprint density at radius 2 is 2.13 bits per heavy atom. The Morgan fingerprint density at radius 1 is 1.43 bits per heavy atom. The molecule has 2 aromatic rings. The monoisotopic (exact) mass is 354 g/mol. The first kappa shape index (κ1) is 18.0. The van der Waals surface area contributed by atoms with Crippen molar-refractivity contribution in [2.45, 2.75) is 44.7 Å². The Balaban J connectivity index is 2.08. The number of nitrogens with two attached hydrogens (primary N) is 1. The minimum absolute atomic E-state index is 0.0445. The number of amides is 1. The molecule has 23 heavy (non-hydrogen) atoms. The molecular formula is C15H22N4O2S2. The van der Waals surface area contributed by atoms with Crippen molar-refractivity contribution in [2.75, 3.05) is 6.54 Å². The van der Waals surface area contributed by atoms with Crippen molar-refractivity contribution in [3.63, 3.8) is 0 Å². The van der Waals surface area contributed by atoms with Crippen LogP contribution in [0.4, 0.5) is 0 Å². The molecule has 1 unspecified atom stereocenters. The van der Waals surface area contributed by atoms with Gasteiger partial charge in [-0.25, -0.2) is 4.98 Å². The zero-order valence-corrected chi connectivity index (χ0v) is 15.4. The minimum atomic E-state index is -0.239. The molecule has 0 saturated heterocycles. The van der Waals surface area contributed by atoms with Crippen molar-refractivity contribution in [1.82, 2.24) is 15.3 Å². The number of nitrogens with zero attached hydrogens (tertiary/aromatic N) is 1. The van der Waals surface area contributed by atoms with Gasteiger partial charge >= 0.3 is 0 Å². The third-order valence-corrected chi connectivity index (χ3v) is 5.92. The van der Waals surface area contributed by atoms with Crippen LogP contribution in [-0.2, 0) is 10.5 Å². The largest absolute Gasteiger partial charge is 0.351 e. The van der Waals surface area contributed by atoms with Crippen LogP contribution in [0.5, 0.6) is 0 Å². The van der Waals surface area contributed by atoms with Crippen molar-refractivity contribution in [1.29, 1.82) is 0 Å². The van der Waals surface area contributed by atoms with Gasteiger partial charge in [-0.1, -0.05) is 0 Å². The van der Waals surface area contributed by atoms with E-state index >= 15 is 0 Å². The van der Waals surface area contributed by atoms with Gasteiger partial charge in [-0.05, 0) is 33.3 Å². The van der Waals surface area contributed by atoms with Crippen LogP contribution in [0, 0.1) is 13.8 Å². The number of aromatic nitrogens is 2. The second-order valence-corrected chi connectivity index (χ2v) is 8.11. The van der Waals surface area contributed by atoms with Gasteiger partial charge in [0.05, 0.1) is 16.4 Å². The molecule has 4 N–H and O–H groups in total. The molecule has 0 radical (unpaired) electrons. The van der Waals surface area contributed by atoms with Crippen molar-refractivity contribution in [2.24, 2.45) is 5.73 Å². The average Bonchev–Trinajstić information content (AvgIpc) is 2.79. The summed E-state index contributed by atoms with van der Waals surface area (Å²) in [5.41, 5.74) is 6.38. The summed E-state index contributed by atoms with van der Waals surface area (Å²) in [5, 5.41) is 3.27. The SMILES string of the molecule is Cc1sc2nc(CSC(C)C(=O)N[C@@H](C)CN)[nH]c(=O)c2c1C. The summed E-state index contributed by atoms with van der Waals surface area (Å²) in [6.07, 6.45) is 0. The molecule has 0 saturated carbocycles. The van der Waals surface area contributed by atoms with Crippen LogP contribution in [0.25, 0.3) is 10.2 Å². The van der Waals surface area contributed by atoms with E-state index in [0.29, 0.717) is 23.5 Å². The summed E-state index contributed by atoms with van der Waals surface area (Å²) < 4.78 is 0. The Morgan fingerprint density at radius 3 is 2.78 bits per heavy atom. The minimum Gasteiger partial charge on any atom is -0.351 e. The molecule has 8 heteroatoms. The lowest BCUT2D eigenvalue weighted by Crippen LogP contribution is -2.41. The highest BCUT2D eigenvalue weighted by Crippen LogP contribution is 2.26. The molecule has 0 spiro atoms. The highest BCUT2D eigenvalue weighted by molar-refractivity contribution is 7.99. The lowest BCUT2D eigenvalue weighted by Gasteiger charge is -2.15. The Labute approximate surface area is 143 Å². The van der Waals surface area contributed by atoms with Gasteiger partial charge in [0.1, 0.15) is 10.7 Å². The zero-order chi connectivity index (χ0) is 17.1. The molecule has 6 nitrogen and oxygen atoms in total. The number of carbonyl (C=O) groups excluding carboxylic acids is 1. The van der Waals surface area contributed by atoms with Crippen LogP contribution in [0.15, 0.2) is 4.79 Å². The number of thioether (sulfide) groups is 1. The third kappa shape index (κ3) is 4.13. The first-order chi connectivity index (χ1) is 10.8. The van der Waals surface area contributed by atoms with Crippen LogP contribution in [-0.4, -0.2) is 33.7 Å². The molecule has 0 aliphatic carbocycles. The maximum Gasteiger partial charge on any atom is 0.259 e. The quantitative estimate of drug-likeness (QED) is 0.733. The summed E-state index contributed by atoms with van der Waals surface area (Å²) in [5.74, 6) is 1.02. The molecule has 0 aliphatic heterocycles. The van der Waals surface area contributed by atoms with E-state index in [1.54, 1.807) is 0 Å². The fourth-order valence-electron chi connectivity index (χ4n) is 2.07. The van der Waals surface area contributed by atoms with Gasteiger partial charge in [-0.3, -0.25) is 9.59 Å². The third-order valence-electron chi connectivity index (χ3n) is 3.67. The normalized spacial score (nSPS) is 14.0. The summed E-state index contributed by atoms with van der Waals surface area (Å²) in [4.78, 5) is 33.4. The Kier molecular flexibility index (Phi) is 5.83. The van der Waals surface area contributed by atoms with Crippen LogP contribution in [0.1, 0.15) is 30.1 Å². The topological polar surface area (TPSA) is 101 Å². The van der Waals surface area contributed by atoms with Crippen LogP contribution < -0.4 is 16.6 Å². The molecule has 2 rings (SSSR count). The van der Waals surface area contributed by atoms with E-state index < -0.39 is 0 Å². The number of fused-ring (bicyclic) bond motifs is 1. The lowest BCUT2D eigenvalue weighted by molar-refractivity contribution is -0.120. The fourth-order valence-corrected chi connectivity index (χ4v) is 3.88. The van der Waals surface area contributed by atoms with Gasteiger partial charge in [-0.2, -0.15) is 0 Å².